The van der Waals surface area contributed by atoms with E-state index in [-0.39, 0.29) is 11.9 Å². The van der Waals surface area contributed by atoms with E-state index in [9.17, 15) is 5.11 Å². The molecule has 1 unspecified atom stereocenters. The van der Waals surface area contributed by atoms with Crippen molar-refractivity contribution in [3.63, 3.8) is 0 Å². The van der Waals surface area contributed by atoms with Crippen molar-refractivity contribution >= 4 is 39.1 Å². The monoisotopic (exact) mass is 547 g/mol. The first-order chi connectivity index (χ1) is 17.0. The van der Waals surface area contributed by atoms with E-state index in [4.69, 9.17) is 21.7 Å². The minimum atomic E-state index is -0.240. The fraction of sp³-hybridized carbons (Fsp3) is 0.148. The number of nitrogens with one attached hydrogen (secondary N) is 1. The summed E-state index contributed by atoms with van der Waals surface area (Å²) in [6, 6.07) is 21.5. The summed E-state index contributed by atoms with van der Waals surface area (Å²) in [6.45, 7) is 0. The van der Waals surface area contributed by atoms with Crippen LogP contribution in [0.3, 0.4) is 0 Å². The van der Waals surface area contributed by atoms with Gasteiger partial charge in [-0.25, -0.2) is 0 Å². The van der Waals surface area contributed by atoms with Crippen LogP contribution in [0.5, 0.6) is 17.4 Å². The average molecular weight is 548 g/mol. The number of aromatic amines is 1. The number of methoxy groups -OCH3 is 2. The molecule has 176 valence electrons. The molecule has 8 heteroatoms. The summed E-state index contributed by atoms with van der Waals surface area (Å²) in [5.74, 6) is 1.61. The van der Waals surface area contributed by atoms with Crippen LogP contribution in [0.2, 0.25) is 0 Å². The second-order valence-corrected chi connectivity index (χ2v) is 9.80. The topological polar surface area (TPSA) is 64.3 Å². The number of H-pyrrole nitrogens is 1. The fourth-order valence-electron chi connectivity index (χ4n) is 5.03. The summed E-state index contributed by atoms with van der Waals surface area (Å²) in [5.41, 5.74) is 5.82. The number of ether oxygens (including phenoxy) is 2. The highest BCUT2D eigenvalue weighted by atomic mass is 79.9. The van der Waals surface area contributed by atoms with Crippen molar-refractivity contribution in [1.29, 1.82) is 0 Å². The highest BCUT2D eigenvalue weighted by Gasteiger charge is 2.34. The maximum absolute atomic E-state index is 11.5. The zero-order valence-corrected chi connectivity index (χ0v) is 21.5. The van der Waals surface area contributed by atoms with Gasteiger partial charge < -0.3 is 24.1 Å². The highest BCUT2D eigenvalue weighted by molar-refractivity contribution is 9.10. The molecule has 1 aliphatic rings. The number of hydrogen-bond acceptors (Lipinski definition) is 4. The van der Waals surface area contributed by atoms with Gasteiger partial charge in [-0.15, -0.1) is 0 Å². The van der Waals surface area contributed by atoms with Crippen molar-refractivity contribution in [2.45, 2.75) is 12.5 Å². The van der Waals surface area contributed by atoms with Crippen LogP contribution >= 0.6 is 28.1 Å². The number of benzene rings is 3. The molecular formula is C27H22BrN3O3S. The van der Waals surface area contributed by atoms with E-state index in [0.29, 0.717) is 16.9 Å². The van der Waals surface area contributed by atoms with Gasteiger partial charge in [0.2, 0.25) is 5.88 Å². The molecule has 0 amide bonds. The van der Waals surface area contributed by atoms with Gasteiger partial charge in [-0.3, -0.25) is 4.57 Å². The Morgan fingerprint density at radius 1 is 1.00 bits per heavy atom. The van der Waals surface area contributed by atoms with Crippen LogP contribution in [0.1, 0.15) is 28.6 Å². The maximum Gasteiger partial charge on any atom is 0.218 e. The molecule has 1 aliphatic heterocycles. The van der Waals surface area contributed by atoms with Gasteiger partial charge in [-0.1, -0.05) is 34.1 Å². The number of hydrogen-bond donors (Lipinski definition) is 2. The molecule has 6 nitrogen and oxygen atoms in total. The van der Waals surface area contributed by atoms with E-state index in [0.717, 1.165) is 49.3 Å². The molecule has 2 aromatic heterocycles. The first-order valence-electron chi connectivity index (χ1n) is 11.1. The molecule has 3 aromatic carbocycles. The average Bonchev–Trinajstić information content (AvgIpc) is 3.36. The summed E-state index contributed by atoms with van der Waals surface area (Å²) < 4.78 is 16.1. The number of aromatic nitrogens is 3. The summed E-state index contributed by atoms with van der Waals surface area (Å²) in [6.07, 6.45) is 0.547. The minimum Gasteiger partial charge on any atom is -0.497 e. The molecule has 0 aliphatic carbocycles. The smallest absolute Gasteiger partial charge is 0.218 e. The van der Waals surface area contributed by atoms with Gasteiger partial charge >= 0.3 is 0 Å². The highest BCUT2D eigenvalue weighted by Crippen LogP contribution is 2.44. The molecular weight excluding hydrogens is 526 g/mol. The van der Waals surface area contributed by atoms with Gasteiger partial charge in [0.1, 0.15) is 17.5 Å². The van der Waals surface area contributed by atoms with Gasteiger partial charge in [0.25, 0.3) is 0 Å². The van der Waals surface area contributed by atoms with Gasteiger partial charge in [0.15, 0.2) is 4.77 Å². The fourth-order valence-corrected chi connectivity index (χ4v) is 5.80. The third-order valence-electron chi connectivity index (χ3n) is 6.68. The van der Waals surface area contributed by atoms with Gasteiger partial charge in [0, 0.05) is 33.6 Å². The molecule has 5 aromatic rings. The zero-order chi connectivity index (χ0) is 24.3. The Morgan fingerprint density at radius 2 is 1.77 bits per heavy atom. The van der Waals surface area contributed by atoms with Crippen LogP contribution in [0, 0.1) is 4.77 Å². The minimum absolute atomic E-state index is 0.136. The number of imidazole rings is 1. The van der Waals surface area contributed by atoms with Crippen molar-refractivity contribution in [3.8, 4) is 23.1 Å². The van der Waals surface area contributed by atoms with E-state index in [2.05, 4.69) is 37.6 Å². The summed E-state index contributed by atoms with van der Waals surface area (Å²) >= 11 is 9.61. The first-order valence-corrected chi connectivity index (χ1v) is 12.3. The maximum atomic E-state index is 11.5. The Hall–Kier alpha value is -3.49. The molecule has 2 N–H and O–H groups in total. The lowest BCUT2D eigenvalue weighted by molar-refractivity contribution is 0.413. The molecule has 0 radical (unpaired) electrons. The first kappa shape index (κ1) is 22.0. The molecule has 0 bridgehead atoms. The van der Waals surface area contributed by atoms with Crippen LogP contribution in [-0.2, 0) is 6.42 Å². The van der Waals surface area contributed by atoms with E-state index in [1.165, 1.54) is 0 Å². The zero-order valence-electron chi connectivity index (χ0n) is 19.1. The van der Waals surface area contributed by atoms with Crippen LogP contribution in [0.4, 0.5) is 0 Å². The molecule has 0 spiro atoms. The van der Waals surface area contributed by atoms with Crippen LogP contribution in [0.25, 0.3) is 16.6 Å². The molecule has 0 saturated heterocycles. The van der Waals surface area contributed by atoms with Crippen LogP contribution in [-0.4, -0.2) is 33.4 Å². The molecule has 0 saturated carbocycles. The van der Waals surface area contributed by atoms with Crippen molar-refractivity contribution in [1.82, 2.24) is 14.1 Å². The van der Waals surface area contributed by atoms with E-state index < -0.39 is 0 Å². The molecule has 35 heavy (non-hydrogen) atoms. The lowest BCUT2D eigenvalue weighted by Crippen LogP contribution is -2.21. The number of aromatic hydroxyl groups is 1. The quantitative estimate of drug-likeness (QED) is 0.247. The van der Waals surface area contributed by atoms with Crippen LogP contribution < -0.4 is 9.47 Å². The Morgan fingerprint density at radius 3 is 2.51 bits per heavy atom. The Kier molecular flexibility index (Phi) is 5.23. The number of nitrogens with zero attached hydrogens (tertiary/aromatic N) is 2. The molecule has 3 heterocycles. The van der Waals surface area contributed by atoms with E-state index >= 15 is 0 Å². The number of fused-ring (bicyclic) bond motifs is 4. The predicted octanol–water partition coefficient (Wildman–Crippen LogP) is 6.52. The Bertz CT molecular complexity index is 1650. The lowest BCUT2D eigenvalue weighted by Gasteiger charge is -2.26. The van der Waals surface area contributed by atoms with Gasteiger partial charge in [-0.2, -0.15) is 0 Å². The molecule has 1 atom stereocenters. The summed E-state index contributed by atoms with van der Waals surface area (Å²) in [5, 5.41) is 12.6. The van der Waals surface area contributed by atoms with Crippen molar-refractivity contribution in [2.75, 3.05) is 14.2 Å². The second-order valence-electron chi connectivity index (χ2n) is 8.52. The van der Waals surface area contributed by atoms with Gasteiger partial charge in [-0.05, 0) is 65.8 Å². The second kappa shape index (κ2) is 8.32. The third-order valence-corrected chi connectivity index (χ3v) is 7.55. The third kappa shape index (κ3) is 3.39. The largest absolute Gasteiger partial charge is 0.497 e. The van der Waals surface area contributed by atoms with Crippen molar-refractivity contribution in [3.05, 3.63) is 98.5 Å². The lowest BCUT2D eigenvalue weighted by atomic mass is 9.93. The molecule has 0 fully saturated rings. The predicted molar refractivity (Wildman–Crippen MR) is 142 cm³/mol. The van der Waals surface area contributed by atoms with E-state index in [1.54, 1.807) is 18.8 Å². The summed E-state index contributed by atoms with van der Waals surface area (Å²) in [7, 11) is 3.28. The Labute approximate surface area is 215 Å². The van der Waals surface area contributed by atoms with Crippen molar-refractivity contribution < 1.29 is 14.6 Å². The number of rotatable bonds is 4. The SMILES string of the molecule is COc1ccc(C2c3[nH]c4ccc(Br)cc4c3Cc3c(O)n(-c4cccc(OC)c4)c(=S)n32)cc1. The van der Waals surface area contributed by atoms with Crippen molar-refractivity contribution in [2.24, 2.45) is 0 Å². The van der Waals surface area contributed by atoms with Gasteiger partial charge in [0.05, 0.1) is 25.6 Å². The standard InChI is InChI=1S/C27H22BrN3O3S/c1-33-18-9-6-15(7-10-18)25-24-21(20-12-16(28)8-11-22(20)29-24)14-23-26(32)30(27(35)31(23)25)17-4-3-5-19(13-17)34-2/h3-13,25,29,32H,14H2,1-2H3. The number of halogens is 1. The van der Waals surface area contributed by atoms with E-state index in [1.807, 2.05) is 54.6 Å². The summed E-state index contributed by atoms with van der Waals surface area (Å²) in [4.78, 5) is 3.65. The normalized spacial score (nSPS) is 14.5. The molecule has 6 rings (SSSR count). The Balaban J connectivity index is 1.64. The van der Waals surface area contributed by atoms with Crippen LogP contribution in [0.15, 0.2) is 71.2 Å².